The molecule has 6 nitrogen and oxygen atoms in total. The van der Waals surface area contributed by atoms with Gasteiger partial charge in [-0.2, -0.15) is 5.10 Å². The van der Waals surface area contributed by atoms with Gasteiger partial charge in [-0.3, -0.25) is 19.6 Å². The number of nitro groups is 1. The molecule has 0 aliphatic heterocycles. The first-order valence-corrected chi connectivity index (χ1v) is 7.06. The van der Waals surface area contributed by atoms with E-state index in [1.807, 2.05) is 13.0 Å². The van der Waals surface area contributed by atoms with Crippen molar-refractivity contribution in [3.05, 3.63) is 56.4 Å². The maximum atomic E-state index is 12.2. The van der Waals surface area contributed by atoms with E-state index in [-0.39, 0.29) is 18.0 Å². The van der Waals surface area contributed by atoms with Crippen LogP contribution in [-0.2, 0) is 6.54 Å². The molecular formula is C14H11N3O3S. The third kappa shape index (κ3) is 2.55. The highest BCUT2D eigenvalue weighted by Crippen LogP contribution is 2.22. The Balaban J connectivity index is 1.95. The molecule has 0 atom stereocenters. The van der Waals surface area contributed by atoms with Gasteiger partial charge >= 0.3 is 0 Å². The van der Waals surface area contributed by atoms with Crippen molar-refractivity contribution in [3.63, 3.8) is 0 Å². The summed E-state index contributed by atoms with van der Waals surface area (Å²) in [7, 11) is 0. The van der Waals surface area contributed by atoms with E-state index in [9.17, 15) is 14.9 Å². The summed E-state index contributed by atoms with van der Waals surface area (Å²) in [6.45, 7) is 2.01. The van der Waals surface area contributed by atoms with Gasteiger partial charge in [0.25, 0.3) is 5.69 Å². The highest BCUT2D eigenvalue weighted by atomic mass is 32.1. The van der Waals surface area contributed by atoms with Crippen LogP contribution in [0, 0.1) is 17.0 Å². The van der Waals surface area contributed by atoms with Crippen molar-refractivity contribution in [2.24, 2.45) is 0 Å². The molecular weight excluding hydrogens is 290 g/mol. The van der Waals surface area contributed by atoms with Crippen molar-refractivity contribution in [2.45, 2.75) is 13.5 Å². The second-order valence-electron chi connectivity index (χ2n) is 4.64. The Hall–Kier alpha value is -2.54. The minimum absolute atomic E-state index is 0.0105. The van der Waals surface area contributed by atoms with Gasteiger partial charge in [0.15, 0.2) is 5.78 Å². The second kappa shape index (κ2) is 5.10. The van der Waals surface area contributed by atoms with E-state index >= 15 is 0 Å². The van der Waals surface area contributed by atoms with Crippen molar-refractivity contribution in [1.82, 2.24) is 9.78 Å². The summed E-state index contributed by atoms with van der Waals surface area (Å²) in [6.07, 6.45) is 1.60. The van der Waals surface area contributed by atoms with Crippen molar-refractivity contribution >= 4 is 33.7 Å². The van der Waals surface area contributed by atoms with Gasteiger partial charge in [0, 0.05) is 22.4 Å². The van der Waals surface area contributed by atoms with Gasteiger partial charge in [-0.1, -0.05) is 0 Å². The second-order valence-corrected chi connectivity index (χ2v) is 5.92. The molecule has 0 unspecified atom stereocenters. The number of fused-ring (bicyclic) bond motifs is 1. The number of carbonyl (C=O) groups is 1. The lowest BCUT2D eigenvalue weighted by Crippen LogP contribution is -2.10. The van der Waals surface area contributed by atoms with Crippen LogP contribution in [0.15, 0.2) is 36.5 Å². The van der Waals surface area contributed by atoms with Gasteiger partial charge in [0.1, 0.15) is 6.54 Å². The van der Waals surface area contributed by atoms with E-state index in [2.05, 4.69) is 5.10 Å². The SMILES string of the molecule is Cc1ccc(C(=O)Cn2ncc3ccc([N+](=O)[O-])cc32)s1. The van der Waals surface area contributed by atoms with E-state index in [1.54, 1.807) is 18.3 Å². The molecule has 0 saturated carbocycles. The third-order valence-electron chi connectivity index (χ3n) is 3.15. The van der Waals surface area contributed by atoms with Crippen molar-refractivity contribution in [2.75, 3.05) is 0 Å². The van der Waals surface area contributed by atoms with Crippen LogP contribution in [0.3, 0.4) is 0 Å². The zero-order valence-electron chi connectivity index (χ0n) is 11.1. The number of ketones is 1. The third-order valence-corrected chi connectivity index (χ3v) is 4.19. The first-order valence-electron chi connectivity index (χ1n) is 6.24. The van der Waals surface area contributed by atoms with Crippen LogP contribution < -0.4 is 0 Å². The monoisotopic (exact) mass is 301 g/mol. The standard InChI is InChI=1S/C14H11N3O3S/c1-9-2-5-14(21-9)13(18)8-16-12-6-11(17(19)20)4-3-10(12)7-15-16/h2-7H,8H2,1H3. The lowest BCUT2D eigenvalue weighted by Gasteiger charge is -2.01. The lowest BCUT2D eigenvalue weighted by molar-refractivity contribution is -0.384. The minimum Gasteiger partial charge on any atom is -0.291 e. The average molecular weight is 301 g/mol. The Morgan fingerprint density at radius 2 is 2.19 bits per heavy atom. The van der Waals surface area contributed by atoms with Crippen LogP contribution in [0.25, 0.3) is 10.9 Å². The fraction of sp³-hybridized carbons (Fsp3) is 0.143. The number of thiophene rings is 1. The quantitative estimate of drug-likeness (QED) is 0.421. The minimum atomic E-state index is -0.457. The predicted octanol–water partition coefficient (Wildman–Crippen LogP) is 3.20. The first kappa shape index (κ1) is 13.4. The molecule has 0 amide bonds. The van der Waals surface area contributed by atoms with Crippen molar-refractivity contribution in [3.8, 4) is 0 Å². The molecule has 0 saturated heterocycles. The summed E-state index contributed by atoms with van der Waals surface area (Å²) >= 11 is 1.43. The highest BCUT2D eigenvalue weighted by molar-refractivity contribution is 7.14. The number of nitrogens with zero attached hydrogens (tertiary/aromatic N) is 3. The summed E-state index contributed by atoms with van der Waals surface area (Å²) in [6, 6.07) is 8.19. The Morgan fingerprint density at radius 1 is 1.38 bits per heavy atom. The number of Topliss-reactive ketones (excluding diaryl/α,β-unsaturated/α-hetero) is 1. The number of aryl methyl sites for hydroxylation is 1. The Kier molecular flexibility index (Phi) is 3.26. The van der Waals surface area contributed by atoms with E-state index < -0.39 is 4.92 Å². The molecule has 3 rings (SSSR count). The number of carbonyl (C=O) groups excluding carboxylic acids is 1. The predicted molar refractivity (Wildman–Crippen MR) is 79.8 cm³/mol. The fourth-order valence-corrected chi connectivity index (χ4v) is 2.89. The van der Waals surface area contributed by atoms with Gasteiger partial charge in [0.05, 0.1) is 21.5 Å². The van der Waals surface area contributed by atoms with E-state index in [0.717, 1.165) is 10.3 Å². The van der Waals surface area contributed by atoms with E-state index in [4.69, 9.17) is 0 Å². The van der Waals surface area contributed by atoms with Crippen LogP contribution in [0.5, 0.6) is 0 Å². The van der Waals surface area contributed by atoms with E-state index in [1.165, 1.54) is 28.2 Å². The molecule has 2 heterocycles. The van der Waals surface area contributed by atoms with Crippen LogP contribution in [0.1, 0.15) is 14.5 Å². The van der Waals surface area contributed by atoms with Crippen molar-refractivity contribution < 1.29 is 9.72 Å². The Bertz CT molecular complexity index is 850. The number of rotatable bonds is 4. The summed E-state index contributed by atoms with van der Waals surface area (Å²) in [5.74, 6) is -0.0513. The number of non-ortho nitro benzene ring substituents is 1. The Labute approximate surface area is 123 Å². The molecule has 2 aromatic heterocycles. The summed E-state index contributed by atoms with van der Waals surface area (Å²) < 4.78 is 1.50. The summed E-state index contributed by atoms with van der Waals surface area (Å²) in [4.78, 5) is 24.3. The van der Waals surface area contributed by atoms with Crippen LogP contribution in [-0.4, -0.2) is 20.5 Å². The average Bonchev–Trinajstić information content (AvgIpc) is 3.05. The molecule has 0 radical (unpaired) electrons. The van der Waals surface area contributed by atoms with Gasteiger partial charge < -0.3 is 0 Å². The summed E-state index contributed by atoms with van der Waals surface area (Å²) in [5.41, 5.74) is 0.578. The zero-order chi connectivity index (χ0) is 15.0. The molecule has 0 bridgehead atoms. The normalized spacial score (nSPS) is 10.9. The van der Waals surface area contributed by atoms with E-state index in [0.29, 0.717) is 10.4 Å². The molecule has 3 aromatic rings. The molecule has 1 aromatic carbocycles. The fourth-order valence-electron chi connectivity index (χ4n) is 2.10. The maximum Gasteiger partial charge on any atom is 0.271 e. The van der Waals surface area contributed by atoms with Crippen LogP contribution in [0.4, 0.5) is 5.69 Å². The molecule has 21 heavy (non-hydrogen) atoms. The van der Waals surface area contributed by atoms with Gasteiger partial charge in [-0.25, -0.2) is 0 Å². The maximum absolute atomic E-state index is 12.2. The van der Waals surface area contributed by atoms with Crippen LogP contribution in [0.2, 0.25) is 0 Å². The largest absolute Gasteiger partial charge is 0.291 e. The number of benzene rings is 1. The van der Waals surface area contributed by atoms with Crippen molar-refractivity contribution in [1.29, 1.82) is 0 Å². The van der Waals surface area contributed by atoms with Gasteiger partial charge in [-0.05, 0) is 25.1 Å². The van der Waals surface area contributed by atoms with Gasteiger partial charge in [-0.15, -0.1) is 11.3 Å². The highest BCUT2D eigenvalue weighted by Gasteiger charge is 2.14. The molecule has 0 fully saturated rings. The first-order chi connectivity index (χ1) is 10.0. The van der Waals surface area contributed by atoms with Gasteiger partial charge in [0.2, 0.25) is 0 Å². The number of hydrogen-bond donors (Lipinski definition) is 0. The molecule has 0 spiro atoms. The lowest BCUT2D eigenvalue weighted by atomic mass is 10.2. The molecule has 0 aliphatic rings. The Morgan fingerprint density at radius 3 is 2.86 bits per heavy atom. The molecule has 0 aliphatic carbocycles. The topological polar surface area (TPSA) is 78.0 Å². The number of aromatic nitrogens is 2. The number of hydrogen-bond acceptors (Lipinski definition) is 5. The zero-order valence-corrected chi connectivity index (χ0v) is 12.0. The smallest absolute Gasteiger partial charge is 0.271 e. The molecule has 106 valence electrons. The summed E-state index contributed by atoms with van der Waals surface area (Å²) in [5, 5.41) is 15.8. The molecule has 0 N–H and O–H groups in total. The van der Waals surface area contributed by atoms with Crippen LogP contribution >= 0.6 is 11.3 Å². The molecule has 7 heteroatoms. The number of nitro benzene ring substituents is 1.